The summed E-state index contributed by atoms with van der Waals surface area (Å²) in [6.45, 7) is 0.278. The van der Waals surface area contributed by atoms with Crippen LogP contribution in [0.1, 0.15) is 18.2 Å². The summed E-state index contributed by atoms with van der Waals surface area (Å²) >= 11 is 6.04. The number of aromatic nitrogens is 2. The third-order valence-corrected chi connectivity index (χ3v) is 4.54. The Morgan fingerprint density at radius 2 is 2.00 bits per heavy atom. The van der Waals surface area contributed by atoms with Crippen LogP contribution in [0.2, 0.25) is 5.02 Å². The number of nitrogens with zero attached hydrogens (tertiary/aromatic N) is 3. The zero-order valence-electron chi connectivity index (χ0n) is 13.3. The van der Waals surface area contributed by atoms with Crippen LogP contribution in [0, 0.1) is 11.6 Å². The van der Waals surface area contributed by atoms with Crippen LogP contribution in [0.15, 0.2) is 47.0 Å². The van der Waals surface area contributed by atoms with E-state index < -0.39 is 11.6 Å². The summed E-state index contributed by atoms with van der Waals surface area (Å²) in [5, 5.41) is 4.04. The van der Waals surface area contributed by atoms with Gasteiger partial charge in [-0.25, -0.2) is 8.78 Å². The molecular formula is C18H12ClF2N3O2. The van der Waals surface area contributed by atoms with Crippen molar-refractivity contribution in [2.45, 2.75) is 12.3 Å². The molecule has 0 aliphatic carbocycles. The first kappa shape index (κ1) is 16.7. The van der Waals surface area contributed by atoms with Crippen LogP contribution in [0.25, 0.3) is 11.5 Å². The third-order valence-electron chi connectivity index (χ3n) is 4.24. The molecule has 1 atom stereocenters. The molecule has 2 heterocycles. The van der Waals surface area contributed by atoms with Gasteiger partial charge in [-0.2, -0.15) is 4.98 Å². The minimum absolute atomic E-state index is 0.0591. The lowest BCUT2D eigenvalue weighted by atomic mass is 10.1. The van der Waals surface area contributed by atoms with E-state index >= 15 is 0 Å². The number of halogens is 3. The number of hydrogen-bond acceptors (Lipinski definition) is 4. The summed E-state index contributed by atoms with van der Waals surface area (Å²) in [5.41, 5.74) is 0.632. The SMILES string of the molecule is O=C1CC(c2noc(-c3ccccc3F)n2)CN1c1ccc(F)cc1Cl. The van der Waals surface area contributed by atoms with Crippen LogP contribution < -0.4 is 4.90 Å². The van der Waals surface area contributed by atoms with E-state index in [0.717, 1.165) is 6.07 Å². The molecule has 0 N–H and O–H groups in total. The topological polar surface area (TPSA) is 59.2 Å². The van der Waals surface area contributed by atoms with E-state index in [1.807, 2.05) is 0 Å². The normalized spacial score (nSPS) is 17.1. The molecule has 1 aliphatic rings. The Kier molecular flexibility index (Phi) is 4.16. The first-order valence-corrected chi connectivity index (χ1v) is 8.24. The first-order chi connectivity index (χ1) is 12.5. The van der Waals surface area contributed by atoms with Gasteiger partial charge in [-0.1, -0.05) is 28.9 Å². The highest BCUT2D eigenvalue weighted by Gasteiger charge is 2.35. The summed E-state index contributed by atoms with van der Waals surface area (Å²) in [7, 11) is 0. The van der Waals surface area contributed by atoms with E-state index in [1.165, 1.54) is 29.2 Å². The van der Waals surface area contributed by atoms with Crippen molar-refractivity contribution in [1.29, 1.82) is 0 Å². The van der Waals surface area contributed by atoms with Crippen LogP contribution in [0.3, 0.4) is 0 Å². The quantitative estimate of drug-likeness (QED) is 0.688. The van der Waals surface area contributed by atoms with Crippen LogP contribution in [-0.2, 0) is 4.79 Å². The van der Waals surface area contributed by atoms with E-state index in [4.69, 9.17) is 16.1 Å². The van der Waals surface area contributed by atoms with Gasteiger partial charge in [0.2, 0.25) is 5.91 Å². The third kappa shape index (κ3) is 2.94. The Hall–Kier alpha value is -2.80. The van der Waals surface area contributed by atoms with Crippen LogP contribution >= 0.6 is 11.6 Å². The lowest BCUT2D eigenvalue weighted by molar-refractivity contribution is -0.117. The van der Waals surface area contributed by atoms with Gasteiger partial charge in [0, 0.05) is 18.9 Å². The summed E-state index contributed by atoms with van der Waals surface area (Å²) in [4.78, 5) is 18.1. The van der Waals surface area contributed by atoms with E-state index in [-0.39, 0.29) is 41.3 Å². The van der Waals surface area contributed by atoms with E-state index in [2.05, 4.69) is 10.1 Å². The fourth-order valence-corrected chi connectivity index (χ4v) is 3.23. The summed E-state index contributed by atoms with van der Waals surface area (Å²) in [6.07, 6.45) is 0.157. The van der Waals surface area contributed by atoms with Crippen molar-refractivity contribution in [2.24, 2.45) is 0 Å². The molecule has 1 aromatic heterocycles. The van der Waals surface area contributed by atoms with Gasteiger partial charge in [0.05, 0.1) is 16.3 Å². The number of benzene rings is 2. The van der Waals surface area contributed by atoms with Crippen molar-refractivity contribution in [2.75, 3.05) is 11.4 Å². The van der Waals surface area contributed by atoms with Gasteiger partial charge in [0.15, 0.2) is 5.82 Å². The fourth-order valence-electron chi connectivity index (χ4n) is 2.96. The molecule has 1 unspecified atom stereocenters. The van der Waals surface area contributed by atoms with Crippen molar-refractivity contribution in [3.8, 4) is 11.5 Å². The number of rotatable bonds is 3. The molecule has 8 heteroatoms. The maximum atomic E-state index is 13.8. The molecule has 1 fully saturated rings. The molecule has 5 nitrogen and oxygen atoms in total. The Morgan fingerprint density at radius 3 is 2.77 bits per heavy atom. The summed E-state index contributed by atoms with van der Waals surface area (Å²) in [6, 6.07) is 9.93. The zero-order valence-corrected chi connectivity index (χ0v) is 14.1. The maximum Gasteiger partial charge on any atom is 0.260 e. The highest BCUT2D eigenvalue weighted by Crippen LogP contribution is 2.35. The Morgan fingerprint density at radius 1 is 1.19 bits per heavy atom. The van der Waals surface area contributed by atoms with Crippen LogP contribution in [-0.4, -0.2) is 22.6 Å². The van der Waals surface area contributed by atoms with E-state index in [1.54, 1.807) is 12.1 Å². The Balaban J connectivity index is 1.59. The minimum Gasteiger partial charge on any atom is -0.334 e. The van der Waals surface area contributed by atoms with Gasteiger partial charge in [-0.15, -0.1) is 0 Å². The number of anilines is 1. The van der Waals surface area contributed by atoms with Gasteiger partial charge in [0.1, 0.15) is 11.6 Å². The second-order valence-corrected chi connectivity index (χ2v) is 6.35. The molecule has 0 bridgehead atoms. The van der Waals surface area contributed by atoms with Gasteiger partial charge < -0.3 is 9.42 Å². The van der Waals surface area contributed by atoms with Crippen LogP contribution in [0.5, 0.6) is 0 Å². The monoisotopic (exact) mass is 375 g/mol. The number of carbonyl (C=O) groups is 1. The largest absolute Gasteiger partial charge is 0.334 e. The van der Waals surface area contributed by atoms with Crippen LogP contribution in [0.4, 0.5) is 14.5 Å². The average Bonchev–Trinajstić information content (AvgIpc) is 3.22. The second kappa shape index (κ2) is 6.49. The standard InChI is InChI=1S/C18H12ClF2N3O2/c19-13-8-11(20)5-6-15(13)24-9-10(7-16(24)25)17-22-18(26-23-17)12-3-1-2-4-14(12)21/h1-6,8,10H,7,9H2. The molecule has 0 radical (unpaired) electrons. The highest BCUT2D eigenvalue weighted by molar-refractivity contribution is 6.33. The van der Waals surface area contributed by atoms with Gasteiger partial charge >= 0.3 is 0 Å². The maximum absolute atomic E-state index is 13.8. The zero-order chi connectivity index (χ0) is 18.3. The molecule has 26 heavy (non-hydrogen) atoms. The summed E-state index contributed by atoms with van der Waals surface area (Å²) in [5.74, 6) is -1.07. The van der Waals surface area contributed by atoms with Gasteiger partial charge in [-0.3, -0.25) is 4.79 Å². The number of amides is 1. The lowest BCUT2D eigenvalue weighted by Crippen LogP contribution is -2.24. The highest BCUT2D eigenvalue weighted by atomic mass is 35.5. The number of hydrogen-bond donors (Lipinski definition) is 0. The minimum atomic E-state index is -0.477. The lowest BCUT2D eigenvalue weighted by Gasteiger charge is -2.17. The molecule has 4 rings (SSSR count). The van der Waals surface area contributed by atoms with Crippen molar-refractivity contribution in [1.82, 2.24) is 10.1 Å². The van der Waals surface area contributed by atoms with Crippen molar-refractivity contribution >= 4 is 23.2 Å². The van der Waals surface area contributed by atoms with Crippen molar-refractivity contribution in [3.05, 3.63) is 64.9 Å². The second-order valence-electron chi connectivity index (χ2n) is 5.94. The van der Waals surface area contributed by atoms with E-state index in [9.17, 15) is 13.6 Å². The Bertz CT molecular complexity index is 992. The first-order valence-electron chi connectivity index (χ1n) is 7.87. The molecule has 0 spiro atoms. The predicted octanol–water partition coefficient (Wildman–Crippen LogP) is 4.19. The average molecular weight is 376 g/mol. The smallest absolute Gasteiger partial charge is 0.260 e. The molecule has 0 saturated carbocycles. The molecule has 1 saturated heterocycles. The number of carbonyl (C=O) groups excluding carboxylic acids is 1. The van der Waals surface area contributed by atoms with Gasteiger partial charge in [-0.05, 0) is 30.3 Å². The van der Waals surface area contributed by atoms with E-state index in [0.29, 0.717) is 11.5 Å². The molecule has 3 aromatic rings. The fraction of sp³-hybridized carbons (Fsp3) is 0.167. The molecule has 2 aromatic carbocycles. The molecular weight excluding hydrogens is 364 g/mol. The van der Waals surface area contributed by atoms with Gasteiger partial charge in [0.25, 0.3) is 5.89 Å². The molecule has 132 valence electrons. The molecule has 1 amide bonds. The summed E-state index contributed by atoms with van der Waals surface area (Å²) < 4.78 is 32.2. The predicted molar refractivity (Wildman–Crippen MR) is 90.8 cm³/mol. The van der Waals surface area contributed by atoms with Crippen molar-refractivity contribution in [3.63, 3.8) is 0 Å². The Labute approximate surface area is 152 Å². The van der Waals surface area contributed by atoms with Crippen molar-refractivity contribution < 1.29 is 18.1 Å². The molecule has 1 aliphatic heterocycles.